The Bertz CT molecular complexity index is 1170. The number of rotatable bonds is 3. The number of aromatic nitrogens is 5. The first-order chi connectivity index (χ1) is 14.8. The maximum atomic E-state index is 5.06. The second kappa shape index (κ2) is 6.88. The second-order valence-corrected chi connectivity index (χ2v) is 8.39. The molecule has 2 aliphatic rings. The summed E-state index contributed by atoms with van der Waals surface area (Å²) >= 11 is 0. The van der Waals surface area contributed by atoms with Gasteiger partial charge in [-0.15, -0.1) is 5.10 Å². The van der Waals surface area contributed by atoms with Crippen LogP contribution in [0.15, 0.2) is 61.2 Å². The molecule has 4 aromatic rings. The van der Waals surface area contributed by atoms with Crippen molar-refractivity contribution in [1.82, 2.24) is 29.5 Å². The number of pyridine rings is 2. The molecule has 0 radical (unpaired) electrons. The summed E-state index contributed by atoms with van der Waals surface area (Å²) in [5, 5.41) is 5.06. The van der Waals surface area contributed by atoms with E-state index < -0.39 is 0 Å². The Morgan fingerprint density at radius 2 is 1.40 bits per heavy atom. The van der Waals surface area contributed by atoms with Gasteiger partial charge in [0.05, 0.1) is 5.69 Å². The van der Waals surface area contributed by atoms with Crippen molar-refractivity contribution in [3.63, 3.8) is 0 Å². The van der Waals surface area contributed by atoms with Gasteiger partial charge in [-0.25, -0.2) is 9.50 Å². The van der Waals surface area contributed by atoms with Crippen LogP contribution in [0, 0.1) is 11.8 Å². The van der Waals surface area contributed by atoms with Crippen molar-refractivity contribution in [2.75, 3.05) is 38.1 Å². The number of anilines is 1. The third kappa shape index (κ3) is 2.85. The first-order valence-corrected chi connectivity index (χ1v) is 10.4. The fraction of sp³-hybridized carbons (Fsp3) is 0.304. The van der Waals surface area contributed by atoms with E-state index in [0.717, 1.165) is 58.9 Å². The van der Waals surface area contributed by atoms with E-state index in [2.05, 4.69) is 38.9 Å². The van der Waals surface area contributed by atoms with Crippen molar-refractivity contribution >= 4 is 11.5 Å². The van der Waals surface area contributed by atoms with Crippen LogP contribution in [0.1, 0.15) is 0 Å². The monoisotopic (exact) mass is 397 g/mol. The van der Waals surface area contributed by atoms with E-state index in [1.54, 1.807) is 12.4 Å². The Morgan fingerprint density at radius 1 is 0.767 bits per heavy atom. The number of fused-ring (bicyclic) bond motifs is 2. The predicted octanol–water partition coefficient (Wildman–Crippen LogP) is 2.85. The first kappa shape index (κ1) is 17.5. The first-order valence-electron chi connectivity index (χ1n) is 10.4. The van der Waals surface area contributed by atoms with Gasteiger partial charge in [0.2, 0.25) is 0 Å². The zero-order valence-electron chi connectivity index (χ0n) is 16.9. The molecule has 7 heteroatoms. The van der Waals surface area contributed by atoms with E-state index >= 15 is 0 Å². The predicted molar refractivity (Wildman–Crippen MR) is 116 cm³/mol. The Morgan fingerprint density at radius 3 is 2.07 bits per heavy atom. The smallest absolute Gasteiger partial charge is 0.155 e. The van der Waals surface area contributed by atoms with Gasteiger partial charge in [-0.1, -0.05) is 0 Å². The van der Waals surface area contributed by atoms with Crippen molar-refractivity contribution in [2.24, 2.45) is 11.8 Å². The summed E-state index contributed by atoms with van der Waals surface area (Å²) in [6, 6.07) is 12.2. The highest BCUT2D eigenvalue weighted by Gasteiger charge is 2.39. The van der Waals surface area contributed by atoms with Crippen LogP contribution in [-0.4, -0.2) is 62.7 Å². The van der Waals surface area contributed by atoms with Gasteiger partial charge < -0.3 is 9.80 Å². The minimum atomic E-state index is 0.738. The number of imidazole rings is 1. The standard InChI is InChI=1S/C23H23N7/c1-28-12-18-14-29(15-19(18)13-28)21-3-2-20-26-22(16-4-8-24-9-5-16)23(30(20)27-21)17-6-10-25-11-7-17/h2-11,18-19H,12-15H2,1H3/t18-,19+. The molecule has 0 unspecified atom stereocenters. The van der Waals surface area contributed by atoms with Crippen molar-refractivity contribution in [3.05, 3.63) is 61.2 Å². The molecular formula is C23H23N7. The highest BCUT2D eigenvalue weighted by molar-refractivity contribution is 5.81. The average molecular weight is 397 g/mol. The van der Waals surface area contributed by atoms with Gasteiger partial charge in [0, 0.05) is 62.1 Å². The van der Waals surface area contributed by atoms with Crippen molar-refractivity contribution < 1.29 is 0 Å². The Labute approximate surface area is 175 Å². The molecule has 30 heavy (non-hydrogen) atoms. The van der Waals surface area contributed by atoms with Crippen LogP contribution in [0.2, 0.25) is 0 Å². The van der Waals surface area contributed by atoms with Gasteiger partial charge in [-0.05, 0) is 55.3 Å². The van der Waals surface area contributed by atoms with Gasteiger partial charge in [0.15, 0.2) is 5.65 Å². The topological polar surface area (TPSA) is 62.5 Å². The molecule has 6 heterocycles. The molecule has 0 spiro atoms. The molecule has 2 aliphatic heterocycles. The van der Waals surface area contributed by atoms with E-state index in [9.17, 15) is 0 Å². The van der Waals surface area contributed by atoms with Crippen LogP contribution in [0.5, 0.6) is 0 Å². The summed E-state index contributed by atoms with van der Waals surface area (Å²) in [5.41, 5.74) is 4.82. The summed E-state index contributed by atoms with van der Waals surface area (Å²) in [4.78, 5) is 18.1. The number of likely N-dealkylation sites (tertiary alicyclic amines) is 1. The molecule has 0 aliphatic carbocycles. The Balaban J connectivity index is 1.47. The quantitative estimate of drug-likeness (QED) is 0.530. The maximum absolute atomic E-state index is 5.06. The molecule has 4 aromatic heterocycles. The highest BCUT2D eigenvalue weighted by Crippen LogP contribution is 2.35. The van der Waals surface area contributed by atoms with Crippen LogP contribution in [0.3, 0.4) is 0 Å². The largest absolute Gasteiger partial charge is 0.355 e. The third-order valence-corrected chi connectivity index (χ3v) is 6.36. The molecule has 2 saturated heterocycles. The number of hydrogen-bond donors (Lipinski definition) is 0. The second-order valence-electron chi connectivity index (χ2n) is 8.39. The SMILES string of the molecule is CN1C[C@@H]2CN(c3ccc4nc(-c5ccncc5)c(-c5ccncc5)n4n3)C[C@@H]2C1. The zero-order chi connectivity index (χ0) is 20.1. The Hall–Kier alpha value is -3.32. The van der Waals surface area contributed by atoms with E-state index in [-0.39, 0.29) is 0 Å². The van der Waals surface area contributed by atoms with Crippen LogP contribution < -0.4 is 4.90 Å². The molecule has 6 rings (SSSR count). The molecule has 0 amide bonds. The van der Waals surface area contributed by atoms with Crippen molar-refractivity contribution in [2.45, 2.75) is 0 Å². The lowest BCUT2D eigenvalue weighted by molar-refractivity contribution is 0.386. The fourth-order valence-corrected chi connectivity index (χ4v) is 4.99. The summed E-state index contributed by atoms with van der Waals surface area (Å²) < 4.78 is 1.99. The summed E-state index contributed by atoms with van der Waals surface area (Å²) in [6.45, 7) is 4.51. The van der Waals surface area contributed by atoms with Crippen LogP contribution in [0.25, 0.3) is 28.2 Å². The van der Waals surface area contributed by atoms with Gasteiger partial charge in [0.25, 0.3) is 0 Å². The van der Waals surface area contributed by atoms with Crippen LogP contribution >= 0.6 is 0 Å². The summed E-state index contributed by atoms with van der Waals surface area (Å²) in [6.07, 6.45) is 7.23. The lowest BCUT2D eigenvalue weighted by Gasteiger charge is -2.20. The third-order valence-electron chi connectivity index (χ3n) is 6.36. The van der Waals surface area contributed by atoms with Crippen molar-refractivity contribution in [1.29, 1.82) is 0 Å². The maximum Gasteiger partial charge on any atom is 0.155 e. The van der Waals surface area contributed by atoms with E-state index in [4.69, 9.17) is 10.1 Å². The van der Waals surface area contributed by atoms with Gasteiger partial charge >= 0.3 is 0 Å². The molecular weight excluding hydrogens is 374 g/mol. The van der Waals surface area contributed by atoms with Crippen molar-refractivity contribution in [3.8, 4) is 22.5 Å². The van der Waals surface area contributed by atoms with E-state index in [1.165, 1.54) is 13.1 Å². The molecule has 2 atom stereocenters. The van der Waals surface area contributed by atoms with Gasteiger partial charge in [-0.3, -0.25) is 9.97 Å². The average Bonchev–Trinajstić information content (AvgIpc) is 3.45. The molecule has 150 valence electrons. The summed E-state index contributed by atoms with van der Waals surface area (Å²) in [5.74, 6) is 2.50. The molecule has 2 fully saturated rings. The normalized spacial score (nSPS) is 21.4. The van der Waals surface area contributed by atoms with E-state index in [1.807, 2.05) is 41.2 Å². The number of hydrogen-bond acceptors (Lipinski definition) is 6. The minimum Gasteiger partial charge on any atom is -0.355 e. The number of nitrogens with zero attached hydrogens (tertiary/aromatic N) is 7. The highest BCUT2D eigenvalue weighted by atomic mass is 15.3. The lowest BCUT2D eigenvalue weighted by Crippen LogP contribution is -2.27. The molecule has 0 aromatic carbocycles. The van der Waals surface area contributed by atoms with E-state index in [0.29, 0.717) is 0 Å². The fourth-order valence-electron chi connectivity index (χ4n) is 4.99. The Kier molecular flexibility index (Phi) is 4.02. The minimum absolute atomic E-state index is 0.738. The molecule has 0 saturated carbocycles. The van der Waals surface area contributed by atoms with Gasteiger partial charge in [-0.2, -0.15) is 0 Å². The summed E-state index contributed by atoms with van der Waals surface area (Å²) in [7, 11) is 2.22. The van der Waals surface area contributed by atoms with Crippen LogP contribution in [-0.2, 0) is 0 Å². The van der Waals surface area contributed by atoms with Gasteiger partial charge in [0.1, 0.15) is 11.5 Å². The lowest BCUT2D eigenvalue weighted by atomic mass is 10.0. The molecule has 0 bridgehead atoms. The molecule has 0 N–H and O–H groups in total. The van der Waals surface area contributed by atoms with Crippen LogP contribution in [0.4, 0.5) is 5.82 Å². The zero-order valence-corrected chi connectivity index (χ0v) is 16.9. The molecule has 7 nitrogen and oxygen atoms in total.